The summed E-state index contributed by atoms with van der Waals surface area (Å²) in [6.07, 6.45) is 4.01. The number of nitrogens with zero attached hydrogens (tertiary/aromatic N) is 4. The van der Waals surface area contributed by atoms with Crippen LogP contribution >= 0.6 is 11.6 Å². The number of anilines is 2. The highest BCUT2D eigenvalue weighted by molar-refractivity contribution is 6.31. The monoisotopic (exact) mass is 395 g/mol. The number of hydrogen-bond donors (Lipinski definition) is 1. The molecule has 0 radical (unpaired) electrons. The van der Waals surface area contributed by atoms with E-state index in [2.05, 4.69) is 20.2 Å². The van der Waals surface area contributed by atoms with Gasteiger partial charge in [-0.25, -0.2) is 4.98 Å². The maximum Gasteiger partial charge on any atom is 0.224 e. The Bertz CT molecular complexity index is 957. The molecule has 7 heteroatoms. The van der Waals surface area contributed by atoms with E-state index in [9.17, 15) is 4.79 Å². The second-order valence-corrected chi connectivity index (χ2v) is 7.19. The maximum absolute atomic E-state index is 12.6. The van der Waals surface area contributed by atoms with E-state index in [4.69, 9.17) is 11.6 Å². The van der Waals surface area contributed by atoms with Crippen LogP contribution in [0.2, 0.25) is 5.02 Å². The topological polar surface area (TPSA) is 61.4 Å². The van der Waals surface area contributed by atoms with E-state index in [1.807, 2.05) is 47.4 Å². The molecule has 1 amide bonds. The van der Waals surface area contributed by atoms with Crippen molar-refractivity contribution in [2.75, 3.05) is 42.9 Å². The van der Waals surface area contributed by atoms with Crippen molar-refractivity contribution < 1.29 is 4.79 Å². The number of halogens is 1. The van der Waals surface area contributed by atoms with Gasteiger partial charge in [0.25, 0.3) is 0 Å². The molecule has 0 aliphatic carbocycles. The van der Waals surface area contributed by atoms with E-state index in [1.165, 1.54) is 0 Å². The predicted octanol–water partition coefficient (Wildman–Crippen LogP) is 3.43. The summed E-state index contributed by atoms with van der Waals surface area (Å²) in [4.78, 5) is 25.4. The summed E-state index contributed by atoms with van der Waals surface area (Å²) in [7, 11) is 0. The Hall–Kier alpha value is -2.86. The lowest BCUT2D eigenvalue weighted by Gasteiger charge is -2.35. The molecule has 0 unspecified atom stereocenters. The number of benzene rings is 1. The van der Waals surface area contributed by atoms with Crippen LogP contribution in [0, 0.1) is 0 Å². The van der Waals surface area contributed by atoms with E-state index in [0.29, 0.717) is 18.0 Å². The fourth-order valence-electron chi connectivity index (χ4n) is 3.46. The van der Waals surface area contributed by atoms with Gasteiger partial charge in [-0.3, -0.25) is 9.78 Å². The lowest BCUT2D eigenvalue weighted by molar-refractivity contribution is -0.131. The molecule has 0 saturated carbocycles. The van der Waals surface area contributed by atoms with Crippen molar-refractivity contribution in [2.24, 2.45) is 0 Å². The molecule has 3 aromatic rings. The Kier molecular flexibility index (Phi) is 5.58. The average molecular weight is 396 g/mol. The van der Waals surface area contributed by atoms with Crippen LogP contribution in [0.4, 0.5) is 11.5 Å². The van der Waals surface area contributed by atoms with Gasteiger partial charge in [0.1, 0.15) is 5.82 Å². The highest BCUT2D eigenvalue weighted by Gasteiger charge is 2.21. The normalized spacial score (nSPS) is 14.3. The van der Waals surface area contributed by atoms with E-state index >= 15 is 0 Å². The van der Waals surface area contributed by atoms with Crippen molar-refractivity contribution in [1.29, 1.82) is 0 Å². The zero-order valence-electron chi connectivity index (χ0n) is 15.5. The summed E-state index contributed by atoms with van der Waals surface area (Å²) in [5.74, 6) is 1.15. The molecule has 1 saturated heterocycles. The first-order chi connectivity index (χ1) is 13.7. The minimum Gasteiger partial charge on any atom is -0.384 e. The summed E-state index contributed by atoms with van der Waals surface area (Å²) >= 11 is 6.03. The first-order valence-corrected chi connectivity index (χ1v) is 9.80. The van der Waals surface area contributed by atoms with Crippen LogP contribution in [0.3, 0.4) is 0 Å². The molecule has 0 spiro atoms. The van der Waals surface area contributed by atoms with Crippen molar-refractivity contribution in [1.82, 2.24) is 14.9 Å². The van der Waals surface area contributed by atoms with Gasteiger partial charge in [0.05, 0.1) is 5.52 Å². The van der Waals surface area contributed by atoms with Crippen LogP contribution in [0.15, 0.2) is 54.9 Å². The Morgan fingerprint density at radius 3 is 2.68 bits per heavy atom. The minimum atomic E-state index is 0.176. The molecule has 2 aromatic heterocycles. The first-order valence-electron chi connectivity index (χ1n) is 9.42. The minimum absolute atomic E-state index is 0.176. The van der Waals surface area contributed by atoms with Crippen molar-refractivity contribution in [3.63, 3.8) is 0 Å². The lowest BCUT2D eigenvalue weighted by Crippen LogP contribution is -2.49. The van der Waals surface area contributed by atoms with Gasteiger partial charge in [0.15, 0.2) is 0 Å². The van der Waals surface area contributed by atoms with Crippen LogP contribution in [0.5, 0.6) is 0 Å². The first kappa shape index (κ1) is 18.5. The number of pyridine rings is 2. The molecular formula is C21H22ClN5O. The molecule has 1 aromatic carbocycles. The van der Waals surface area contributed by atoms with Gasteiger partial charge in [-0.1, -0.05) is 17.7 Å². The summed E-state index contributed by atoms with van der Waals surface area (Å²) in [5, 5.41) is 5.03. The number of hydrogen-bond acceptors (Lipinski definition) is 5. The Morgan fingerprint density at radius 2 is 1.89 bits per heavy atom. The fourth-order valence-corrected chi connectivity index (χ4v) is 3.63. The number of piperazine rings is 1. The number of aromatic nitrogens is 2. The highest BCUT2D eigenvalue weighted by atomic mass is 35.5. The number of amides is 1. The van der Waals surface area contributed by atoms with Crippen molar-refractivity contribution >= 4 is 39.9 Å². The average Bonchev–Trinajstić information content (AvgIpc) is 2.74. The van der Waals surface area contributed by atoms with Gasteiger partial charge in [0, 0.05) is 67.6 Å². The molecule has 0 bridgehead atoms. The maximum atomic E-state index is 12.6. The largest absolute Gasteiger partial charge is 0.384 e. The van der Waals surface area contributed by atoms with E-state index in [-0.39, 0.29) is 5.91 Å². The second-order valence-electron chi connectivity index (χ2n) is 6.75. The number of fused-ring (bicyclic) bond motifs is 1. The molecule has 1 aliphatic rings. The molecule has 1 N–H and O–H groups in total. The van der Waals surface area contributed by atoms with Gasteiger partial charge in [-0.05, 0) is 36.4 Å². The van der Waals surface area contributed by atoms with Crippen LogP contribution in [0.25, 0.3) is 10.9 Å². The molecule has 4 rings (SSSR count). The zero-order chi connectivity index (χ0) is 19.3. The summed E-state index contributed by atoms with van der Waals surface area (Å²) in [6.45, 7) is 3.66. The predicted molar refractivity (Wildman–Crippen MR) is 113 cm³/mol. The van der Waals surface area contributed by atoms with E-state index < -0.39 is 0 Å². The van der Waals surface area contributed by atoms with Crippen LogP contribution < -0.4 is 10.2 Å². The van der Waals surface area contributed by atoms with E-state index in [1.54, 1.807) is 12.4 Å². The number of rotatable bonds is 5. The summed E-state index contributed by atoms with van der Waals surface area (Å²) in [6, 6.07) is 13.5. The van der Waals surface area contributed by atoms with Crippen LogP contribution in [-0.2, 0) is 4.79 Å². The molecule has 6 nitrogen and oxygen atoms in total. The van der Waals surface area contributed by atoms with Gasteiger partial charge >= 0.3 is 0 Å². The smallest absolute Gasteiger partial charge is 0.224 e. The third-order valence-electron chi connectivity index (χ3n) is 4.96. The Labute approximate surface area is 169 Å². The van der Waals surface area contributed by atoms with E-state index in [0.717, 1.165) is 48.6 Å². The molecule has 0 atom stereocenters. The van der Waals surface area contributed by atoms with Gasteiger partial charge in [0.2, 0.25) is 5.91 Å². The molecule has 28 heavy (non-hydrogen) atoms. The second kappa shape index (κ2) is 8.44. The van der Waals surface area contributed by atoms with Gasteiger partial charge in [-0.2, -0.15) is 0 Å². The van der Waals surface area contributed by atoms with Crippen molar-refractivity contribution in [3.8, 4) is 0 Å². The van der Waals surface area contributed by atoms with Crippen molar-refractivity contribution in [2.45, 2.75) is 6.42 Å². The fraction of sp³-hybridized carbons (Fsp3) is 0.286. The summed E-state index contributed by atoms with van der Waals surface area (Å²) in [5.41, 5.74) is 1.81. The standard InChI is InChI=1S/C21H22ClN5O/c22-16-4-5-17-18(6-9-24-19(17)15-16)23-10-7-21(28)27-13-11-26(12-14-27)20-3-1-2-8-25-20/h1-6,8-9,15H,7,10-14H2,(H,23,24). The number of nitrogens with one attached hydrogen (secondary N) is 1. The number of carbonyl (C=O) groups is 1. The van der Waals surface area contributed by atoms with Gasteiger partial charge in [-0.15, -0.1) is 0 Å². The van der Waals surface area contributed by atoms with Gasteiger partial charge < -0.3 is 15.1 Å². The molecule has 3 heterocycles. The highest BCUT2D eigenvalue weighted by Crippen LogP contribution is 2.24. The quantitative estimate of drug-likeness (QED) is 0.717. The lowest BCUT2D eigenvalue weighted by atomic mass is 10.2. The molecule has 144 valence electrons. The van der Waals surface area contributed by atoms with Crippen LogP contribution in [0.1, 0.15) is 6.42 Å². The number of carbonyl (C=O) groups excluding carboxylic acids is 1. The molecular weight excluding hydrogens is 374 g/mol. The zero-order valence-corrected chi connectivity index (χ0v) is 16.3. The Balaban J connectivity index is 1.29. The molecule has 1 fully saturated rings. The molecule has 1 aliphatic heterocycles. The third kappa shape index (κ3) is 4.17. The van der Waals surface area contributed by atoms with Crippen molar-refractivity contribution in [3.05, 3.63) is 59.9 Å². The summed E-state index contributed by atoms with van der Waals surface area (Å²) < 4.78 is 0. The Morgan fingerprint density at radius 1 is 1.04 bits per heavy atom. The van der Waals surface area contributed by atoms with Crippen LogP contribution in [-0.4, -0.2) is 53.5 Å². The third-order valence-corrected chi connectivity index (χ3v) is 5.20. The SMILES string of the molecule is O=C(CCNc1ccnc2cc(Cl)ccc12)N1CCN(c2ccccn2)CC1.